The first kappa shape index (κ1) is 19.8. The van der Waals surface area contributed by atoms with E-state index in [2.05, 4.69) is 40.7 Å². The Morgan fingerprint density at radius 3 is 2.79 bits per heavy atom. The summed E-state index contributed by atoms with van der Waals surface area (Å²) < 4.78 is 30.8. The van der Waals surface area contributed by atoms with E-state index in [0.29, 0.717) is 41.5 Å². The quantitative estimate of drug-likeness (QED) is 0.803. The zero-order valence-electron chi connectivity index (χ0n) is 17.1. The molecule has 0 aliphatic carbocycles. The molecule has 1 N–H and O–H groups in total. The van der Waals surface area contributed by atoms with Gasteiger partial charge in [0.2, 0.25) is 0 Å². The molecule has 7 heteroatoms. The SMILES string of the molecule is C=C(NC1CCN(CC(C)C)C[C@@H]1F)C1=Nc2c(F)cc(-c3cnn(C)c3)cc21. The summed E-state index contributed by atoms with van der Waals surface area (Å²) in [6.45, 7) is 10.5. The molecule has 3 heterocycles. The van der Waals surface area contributed by atoms with E-state index >= 15 is 0 Å². The van der Waals surface area contributed by atoms with E-state index in [1.54, 1.807) is 10.9 Å². The van der Waals surface area contributed by atoms with Crippen LogP contribution in [0.1, 0.15) is 25.8 Å². The van der Waals surface area contributed by atoms with Crippen molar-refractivity contribution in [3.63, 3.8) is 0 Å². The second-order valence-electron chi connectivity index (χ2n) is 8.40. The first-order chi connectivity index (χ1) is 13.8. The molecule has 0 saturated carbocycles. The molecule has 29 heavy (non-hydrogen) atoms. The van der Waals surface area contributed by atoms with E-state index in [9.17, 15) is 8.78 Å². The molecule has 154 valence electrons. The first-order valence-electron chi connectivity index (χ1n) is 10.1. The minimum Gasteiger partial charge on any atom is -0.378 e. The van der Waals surface area contributed by atoms with Crippen molar-refractivity contribution in [1.29, 1.82) is 0 Å². The van der Waals surface area contributed by atoms with Gasteiger partial charge in [-0.15, -0.1) is 0 Å². The Morgan fingerprint density at radius 1 is 1.34 bits per heavy atom. The second kappa shape index (κ2) is 7.71. The molecule has 0 spiro atoms. The van der Waals surface area contributed by atoms with Crippen LogP contribution in [0.2, 0.25) is 0 Å². The van der Waals surface area contributed by atoms with E-state index in [1.807, 2.05) is 19.3 Å². The highest BCUT2D eigenvalue weighted by Crippen LogP contribution is 2.38. The van der Waals surface area contributed by atoms with Crippen molar-refractivity contribution in [2.75, 3.05) is 19.6 Å². The van der Waals surface area contributed by atoms with Gasteiger partial charge >= 0.3 is 0 Å². The number of fused-ring (bicyclic) bond motifs is 1. The second-order valence-corrected chi connectivity index (χ2v) is 8.40. The molecule has 0 amide bonds. The number of aryl methyl sites for hydroxylation is 1. The molecule has 4 rings (SSSR count). The van der Waals surface area contributed by atoms with Crippen molar-refractivity contribution in [2.24, 2.45) is 18.0 Å². The fraction of sp³-hybridized carbons (Fsp3) is 0.455. The van der Waals surface area contributed by atoms with E-state index < -0.39 is 6.17 Å². The molecule has 5 nitrogen and oxygen atoms in total. The molecule has 1 aromatic heterocycles. The Hall–Kier alpha value is -2.54. The van der Waals surface area contributed by atoms with Crippen molar-refractivity contribution in [3.8, 4) is 11.1 Å². The summed E-state index contributed by atoms with van der Waals surface area (Å²) in [4.78, 5) is 6.46. The summed E-state index contributed by atoms with van der Waals surface area (Å²) in [7, 11) is 1.82. The summed E-state index contributed by atoms with van der Waals surface area (Å²) in [5.74, 6) is 0.148. The molecule has 1 unspecified atom stereocenters. The third kappa shape index (κ3) is 3.96. The number of nitrogens with one attached hydrogen (secondary N) is 1. The lowest BCUT2D eigenvalue weighted by Gasteiger charge is -2.37. The molecular formula is C22H27F2N5. The summed E-state index contributed by atoms with van der Waals surface area (Å²) in [5, 5.41) is 7.35. The minimum absolute atomic E-state index is 0.302. The van der Waals surface area contributed by atoms with E-state index in [-0.39, 0.29) is 11.9 Å². The Labute approximate surface area is 170 Å². The van der Waals surface area contributed by atoms with Crippen molar-refractivity contribution in [2.45, 2.75) is 32.5 Å². The molecule has 1 saturated heterocycles. The Bertz CT molecular complexity index is 962. The highest BCUT2D eigenvalue weighted by molar-refractivity contribution is 6.21. The normalized spacial score (nSPS) is 21.5. The van der Waals surface area contributed by atoms with Crippen LogP contribution in [0.4, 0.5) is 14.5 Å². The van der Waals surface area contributed by atoms with Gasteiger partial charge in [-0.05, 0) is 30.0 Å². The first-order valence-corrected chi connectivity index (χ1v) is 10.1. The number of nitrogens with zero attached hydrogens (tertiary/aromatic N) is 4. The topological polar surface area (TPSA) is 45.4 Å². The van der Waals surface area contributed by atoms with Gasteiger partial charge in [-0.3, -0.25) is 4.68 Å². The van der Waals surface area contributed by atoms with Gasteiger partial charge in [0.15, 0.2) is 0 Å². The van der Waals surface area contributed by atoms with Crippen molar-refractivity contribution >= 4 is 11.4 Å². The summed E-state index contributed by atoms with van der Waals surface area (Å²) >= 11 is 0. The van der Waals surface area contributed by atoms with Crippen molar-refractivity contribution < 1.29 is 8.78 Å². The number of alkyl halides is 1. The Balaban J connectivity index is 1.45. The van der Waals surface area contributed by atoms with Gasteiger partial charge in [0.05, 0.1) is 23.6 Å². The van der Waals surface area contributed by atoms with Crippen LogP contribution < -0.4 is 5.32 Å². The number of halogens is 2. The Morgan fingerprint density at radius 2 is 2.14 bits per heavy atom. The number of rotatable bonds is 6. The van der Waals surface area contributed by atoms with Gasteiger partial charge in [0.1, 0.15) is 17.7 Å². The molecule has 2 aliphatic rings. The van der Waals surface area contributed by atoms with Gasteiger partial charge in [-0.1, -0.05) is 20.4 Å². The maximum absolute atomic E-state index is 14.7. The van der Waals surface area contributed by atoms with Crippen LogP contribution in [0.25, 0.3) is 11.1 Å². The maximum atomic E-state index is 14.7. The van der Waals surface area contributed by atoms with Gasteiger partial charge in [-0.2, -0.15) is 5.10 Å². The summed E-state index contributed by atoms with van der Waals surface area (Å²) in [5.41, 5.74) is 3.75. The average molecular weight is 399 g/mol. The number of allylic oxidation sites excluding steroid dienone is 1. The summed E-state index contributed by atoms with van der Waals surface area (Å²) in [6, 6.07) is 3.06. The van der Waals surface area contributed by atoms with Gasteiger partial charge in [0, 0.05) is 44.0 Å². The number of aromatic nitrogens is 2. The number of aliphatic imine (C=N–C) groups is 1. The van der Waals surface area contributed by atoms with Gasteiger partial charge < -0.3 is 10.2 Å². The molecule has 0 bridgehead atoms. The molecule has 1 aromatic carbocycles. The fourth-order valence-corrected chi connectivity index (χ4v) is 4.08. The monoisotopic (exact) mass is 399 g/mol. The molecule has 2 aliphatic heterocycles. The van der Waals surface area contributed by atoms with Crippen LogP contribution in [0.15, 0.2) is 41.8 Å². The number of hydrogen-bond acceptors (Lipinski definition) is 4. The predicted molar refractivity (Wildman–Crippen MR) is 112 cm³/mol. The molecule has 1 fully saturated rings. The predicted octanol–water partition coefficient (Wildman–Crippen LogP) is 3.83. The lowest BCUT2D eigenvalue weighted by atomic mass is 9.94. The maximum Gasteiger partial charge on any atom is 0.150 e. The minimum atomic E-state index is -0.974. The van der Waals surface area contributed by atoms with Gasteiger partial charge in [0.25, 0.3) is 0 Å². The van der Waals surface area contributed by atoms with Crippen LogP contribution in [0, 0.1) is 11.7 Å². The number of piperidine rings is 1. The molecule has 2 atom stereocenters. The molecule has 2 aromatic rings. The lowest BCUT2D eigenvalue weighted by molar-refractivity contribution is 0.0999. The number of benzene rings is 1. The zero-order chi connectivity index (χ0) is 20.7. The fourth-order valence-electron chi connectivity index (χ4n) is 4.08. The van der Waals surface area contributed by atoms with Crippen LogP contribution in [0.3, 0.4) is 0 Å². The van der Waals surface area contributed by atoms with Crippen LogP contribution in [-0.4, -0.2) is 52.2 Å². The van der Waals surface area contributed by atoms with Crippen LogP contribution in [0.5, 0.6) is 0 Å². The Kier molecular flexibility index (Phi) is 5.25. The van der Waals surface area contributed by atoms with Crippen molar-refractivity contribution in [3.05, 3.63) is 48.2 Å². The van der Waals surface area contributed by atoms with Crippen molar-refractivity contribution in [1.82, 2.24) is 20.0 Å². The van der Waals surface area contributed by atoms with E-state index in [1.165, 1.54) is 6.07 Å². The number of likely N-dealkylation sites (tertiary alicyclic amines) is 1. The van der Waals surface area contributed by atoms with Crippen LogP contribution >= 0.6 is 0 Å². The average Bonchev–Trinajstić information content (AvgIpc) is 3.05. The summed E-state index contributed by atoms with van der Waals surface area (Å²) in [6.07, 6.45) is 3.26. The third-order valence-electron chi connectivity index (χ3n) is 5.47. The van der Waals surface area contributed by atoms with E-state index in [0.717, 1.165) is 24.2 Å². The smallest absolute Gasteiger partial charge is 0.150 e. The standard InChI is InChI=1S/C22H27F2N5/c1-13(2)10-29-6-5-20(19(24)12-29)26-14(3)21-17-7-15(8-18(23)22(17)27-21)16-9-25-28(4)11-16/h7-9,11,13,19-20,26H,3,5-6,10,12H2,1-2,4H3/t19-,20?/m0/s1. The van der Waals surface area contributed by atoms with E-state index in [4.69, 9.17) is 0 Å². The molecule has 0 radical (unpaired) electrons. The third-order valence-corrected chi connectivity index (χ3v) is 5.47. The number of hydrogen-bond donors (Lipinski definition) is 1. The largest absolute Gasteiger partial charge is 0.378 e. The van der Waals surface area contributed by atoms with Gasteiger partial charge in [-0.25, -0.2) is 13.8 Å². The van der Waals surface area contributed by atoms with Crippen LogP contribution in [-0.2, 0) is 7.05 Å². The highest BCUT2D eigenvalue weighted by Gasteiger charge is 2.32. The highest BCUT2D eigenvalue weighted by atomic mass is 19.1. The molecular weight excluding hydrogens is 372 g/mol. The lowest BCUT2D eigenvalue weighted by Crippen LogP contribution is -2.51. The zero-order valence-corrected chi connectivity index (χ0v) is 17.1.